The van der Waals surface area contributed by atoms with Gasteiger partial charge in [-0.15, -0.1) is 11.3 Å². The fourth-order valence-corrected chi connectivity index (χ4v) is 3.11. The van der Waals surface area contributed by atoms with Gasteiger partial charge in [-0.1, -0.05) is 24.3 Å². The fourth-order valence-electron chi connectivity index (χ4n) is 2.32. The summed E-state index contributed by atoms with van der Waals surface area (Å²) >= 11 is 1.75. The van der Waals surface area contributed by atoms with Crippen LogP contribution in [-0.4, -0.2) is 11.5 Å². The molecule has 0 aliphatic rings. The summed E-state index contributed by atoms with van der Waals surface area (Å²) in [5.74, 6) is 0.452. The average molecular weight is 260 g/mol. The molecule has 2 nitrogen and oxygen atoms in total. The minimum Gasteiger partial charge on any atom is -0.330 e. The Hall–Kier alpha value is -1.19. The molecule has 18 heavy (non-hydrogen) atoms. The van der Waals surface area contributed by atoms with Gasteiger partial charge in [0.1, 0.15) is 0 Å². The van der Waals surface area contributed by atoms with Gasteiger partial charge in [-0.3, -0.25) is 0 Å². The van der Waals surface area contributed by atoms with Crippen molar-refractivity contribution in [2.45, 2.75) is 32.6 Å². The number of hydrogen-bond donors (Lipinski definition) is 1. The fraction of sp³-hybridized carbons (Fsp3) is 0.400. The van der Waals surface area contributed by atoms with Crippen molar-refractivity contribution in [1.29, 1.82) is 0 Å². The van der Waals surface area contributed by atoms with Crippen LogP contribution in [0.2, 0.25) is 0 Å². The van der Waals surface area contributed by atoms with Gasteiger partial charge in [0.2, 0.25) is 0 Å². The molecule has 1 heterocycles. The van der Waals surface area contributed by atoms with Crippen LogP contribution < -0.4 is 5.73 Å². The molecule has 1 unspecified atom stereocenters. The van der Waals surface area contributed by atoms with Crippen molar-refractivity contribution in [2.75, 3.05) is 6.54 Å². The Kier molecular flexibility index (Phi) is 4.50. The van der Waals surface area contributed by atoms with Crippen molar-refractivity contribution in [3.8, 4) is 0 Å². The highest BCUT2D eigenvalue weighted by Gasteiger charge is 2.13. The first-order valence-electron chi connectivity index (χ1n) is 6.37. The van der Waals surface area contributed by atoms with Gasteiger partial charge in [0, 0.05) is 4.88 Å². The Morgan fingerprint density at radius 3 is 2.67 bits per heavy atom. The highest BCUT2D eigenvalue weighted by Crippen LogP contribution is 2.25. The molecule has 2 N–H and O–H groups in total. The molecule has 1 atom stereocenters. The van der Waals surface area contributed by atoms with Gasteiger partial charge >= 0.3 is 0 Å². The number of rotatable bonds is 5. The summed E-state index contributed by atoms with van der Waals surface area (Å²) < 4.78 is 0. The van der Waals surface area contributed by atoms with Crippen LogP contribution in [0.25, 0.3) is 0 Å². The maximum atomic E-state index is 5.94. The Bertz CT molecular complexity index is 505. The Morgan fingerprint density at radius 1 is 1.28 bits per heavy atom. The molecule has 0 amide bonds. The van der Waals surface area contributed by atoms with E-state index in [1.165, 1.54) is 21.7 Å². The van der Waals surface area contributed by atoms with Crippen LogP contribution in [0.3, 0.4) is 0 Å². The smallest absolute Gasteiger partial charge is 0.0797 e. The third kappa shape index (κ3) is 2.98. The second-order valence-electron chi connectivity index (χ2n) is 4.69. The second kappa shape index (κ2) is 6.12. The molecule has 0 saturated heterocycles. The maximum Gasteiger partial charge on any atom is 0.0797 e. The first-order chi connectivity index (χ1) is 8.72. The van der Waals surface area contributed by atoms with E-state index in [-0.39, 0.29) is 0 Å². The van der Waals surface area contributed by atoms with E-state index in [2.05, 4.69) is 43.1 Å². The van der Waals surface area contributed by atoms with Crippen molar-refractivity contribution in [3.05, 3.63) is 51.5 Å². The molecule has 1 aromatic carbocycles. The van der Waals surface area contributed by atoms with Gasteiger partial charge in [0.25, 0.3) is 0 Å². The molecule has 96 valence electrons. The molecule has 0 fully saturated rings. The van der Waals surface area contributed by atoms with Crippen LogP contribution in [0.1, 0.15) is 34.0 Å². The lowest BCUT2D eigenvalue weighted by molar-refractivity contribution is 0.632. The topological polar surface area (TPSA) is 38.9 Å². The highest BCUT2D eigenvalue weighted by molar-refractivity contribution is 7.09. The van der Waals surface area contributed by atoms with Gasteiger partial charge in [-0.2, -0.15) is 0 Å². The van der Waals surface area contributed by atoms with Gasteiger partial charge in [0.15, 0.2) is 0 Å². The minimum absolute atomic E-state index is 0.452. The summed E-state index contributed by atoms with van der Waals surface area (Å²) in [4.78, 5) is 5.69. The van der Waals surface area contributed by atoms with Crippen LogP contribution in [0.5, 0.6) is 0 Å². The van der Waals surface area contributed by atoms with Crippen LogP contribution >= 0.6 is 11.3 Å². The molecule has 2 aromatic rings. The van der Waals surface area contributed by atoms with Gasteiger partial charge in [0.05, 0.1) is 11.2 Å². The van der Waals surface area contributed by atoms with Crippen LogP contribution in [0.4, 0.5) is 0 Å². The van der Waals surface area contributed by atoms with E-state index in [9.17, 15) is 0 Å². The number of nitrogens with zero attached hydrogens (tertiary/aromatic N) is 1. The molecule has 2 rings (SSSR count). The standard InChI is InChI=1S/C15H20N2S/c1-11-5-3-4-6-14(11)13(9-16)7-8-15-12(2)17-10-18-15/h3-6,10,13H,7-9,16H2,1-2H3. The summed E-state index contributed by atoms with van der Waals surface area (Å²) in [6, 6.07) is 8.55. The normalized spacial score (nSPS) is 12.6. The molecule has 0 aliphatic carbocycles. The zero-order valence-electron chi connectivity index (χ0n) is 11.0. The summed E-state index contributed by atoms with van der Waals surface area (Å²) in [7, 11) is 0. The molecular formula is C15H20N2S. The van der Waals surface area contributed by atoms with Crippen LogP contribution in [-0.2, 0) is 6.42 Å². The Labute approximate surface area is 113 Å². The van der Waals surface area contributed by atoms with Gasteiger partial charge in [-0.25, -0.2) is 4.98 Å². The van der Waals surface area contributed by atoms with Gasteiger partial charge < -0.3 is 5.73 Å². The van der Waals surface area contributed by atoms with E-state index in [1.807, 2.05) is 5.51 Å². The third-order valence-corrected chi connectivity index (χ3v) is 4.47. The van der Waals surface area contributed by atoms with E-state index in [0.29, 0.717) is 12.5 Å². The average Bonchev–Trinajstić information content (AvgIpc) is 2.78. The molecule has 0 aliphatic heterocycles. The lowest BCUT2D eigenvalue weighted by Crippen LogP contribution is -2.14. The van der Waals surface area contributed by atoms with Gasteiger partial charge in [-0.05, 0) is 50.3 Å². The Balaban J connectivity index is 2.07. The molecule has 0 bridgehead atoms. The molecule has 0 radical (unpaired) electrons. The number of aryl methyl sites for hydroxylation is 3. The molecule has 0 spiro atoms. The number of nitrogens with two attached hydrogens (primary N) is 1. The van der Waals surface area contributed by atoms with E-state index in [4.69, 9.17) is 5.73 Å². The molecule has 3 heteroatoms. The van der Waals surface area contributed by atoms with Crippen molar-refractivity contribution in [2.24, 2.45) is 5.73 Å². The molecule has 1 aromatic heterocycles. The van der Waals surface area contributed by atoms with E-state index >= 15 is 0 Å². The van der Waals surface area contributed by atoms with Crippen molar-refractivity contribution >= 4 is 11.3 Å². The lowest BCUT2D eigenvalue weighted by atomic mass is 9.90. The van der Waals surface area contributed by atoms with Crippen molar-refractivity contribution in [1.82, 2.24) is 4.98 Å². The summed E-state index contributed by atoms with van der Waals surface area (Å²) in [5.41, 5.74) is 11.8. The zero-order valence-corrected chi connectivity index (χ0v) is 11.8. The predicted molar refractivity (Wildman–Crippen MR) is 78.1 cm³/mol. The molecule has 0 saturated carbocycles. The van der Waals surface area contributed by atoms with E-state index in [1.54, 1.807) is 11.3 Å². The first-order valence-corrected chi connectivity index (χ1v) is 7.25. The number of benzene rings is 1. The summed E-state index contributed by atoms with van der Waals surface area (Å²) in [5, 5.41) is 0. The minimum atomic E-state index is 0.452. The van der Waals surface area contributed by atoms with Crippen LogP contribution in [0, 0.1) is 13.8 Å². The predicted octanol–water partition coefficient (Wildman–Crippen LogP) is 3.44. The first kappa shape index (κ1) is 13.2. The number of thiazole rings is 1. The van der Waals surface area contributed by atoms with E-state index in [0.717, 1.165) is 12.8 Å². The monoisotopic (exact) mass is 260 g/mol. The maximum absolute atomic E-state index is 5.94. The summed E-state index contributed by atoms with van der Waals surface area (Å²) in [6.07, 6.45) is 2.18. The van der Waals surface area contributed by atoms with Crippen LogP contribution in [0.15, 0.2) is 29.8 Å². The van der Waals surface area contributed by atoms with E-state index < -0.39 is 0 Å². The van der Waals surface area contributed by atoms with Crippen molar-refractivity contribution in [3.63, 3.8) is 0 Å². The summed E-state index contributed by atoms with van der Waals surface area (Å²) in [6.45, 7) is 4.95. The third-order valence-electron chi connectivity index (χ3n) is 3.48. The zero-order chi connectivity index (χ0) is 13.0. The Morgan fingerprint density at radius 2 is 2.06 bits per heavy atom. The molecular weight excluding hydrogens is 240 g/mol. The number of hydrogen-bond acceptors (Lipinski definition) is 3. The highest BCUT2D eigenvalue weighted by atomic mass is 32.1. The largest absolute Gasteiger partial charge is 0.330 e. The number of aromatic nitrogens is 1. The second-order valence-corrected chi connectivity index (χ2v) is 5.63. The quantitative estimate of drug-likeness (QED) is 0.894. The lowest BCUT2D eigenvalue weighted by Gasteiger charge is -2.17. The van der Waals surface area contributed by atoms with Crippen molar-refractivity contribution < 1.29 is 0 Å². The SMILES string of the molecule is Cc1ccccc1C(CN)CCc1scnc1C.